The van der Waals surface area contributed by atoms with Gasteiger partial charge in [0.25, 0.3) is 0 Å². The first kappa shape index (κ1) is 28.4. The van der Waals surface area contributed by atoms with E-state index in [0.29, 0.717) is 11.8 Å². The van der Waals surface area contributed by atoms with E-state index in [1.54, 1.807) is 32.5 Å². The van der Waals surface area contributed by atoms with E-state index in [1.165, 1.54) is 13.8 Å². The van der Waals surface area contributed by atoms with E-state index in [2.05, 4.69) is 24.5 Å². The van der Waals surface area contributed by atoms with E-state index in [9.17, 15) is 24.2 Å². The molecule has 0 aromatic rings. The Morgan fingerprint density at radius 2 is 1.69 bits per heavy atom. The second kappa shape index (κ2) is 12.3. The Balaban J connectivity index is 4.35. The summed E-state index contributed by atoms with van der Waals surface area (Å²) in [5.41, 5.74) is -2.04. The van der Waals surface area contributed by atoms with Gasteiger partial charge in [0.2, 0.25) is 11.8 Å². The number of carbonyl (C=O) groups is 2. The number of aliphatic hydroxyl groups is 1. The van der Waals surface area contributed by atoms with Crippen LogP contribution in [-0.2, 0) is 23.2 Å². The van der Waals surface area contributed by atoms with Crippen LogP contribution in [-0.4, -0.2) is 64.2 Å². The van der Waals surface area contributed by atoms with Gasteiger partial charge in [0.1, 0.15) is 6.10 Å². The zero-order chi connectivity index (χ0) is 22.9. The molecule has 9 nitrogen and oxygen atoms in total. The highest BCUT2D eigenvalue weighted by molar-refractivity contribution is 7.99. The molecule has 0 bridgehead atoms. The molecular weight excluding hydrogens is 419 g/mol. The highest BCUT2D eigenvalue weighted by atomic mass is 32.2. The lowest BCUT2D eigenvalue weighted by Crippen LogP contribution is -2.46. The first-order chi connectivity index (χ1) is 13.1. The van der Waals surface area contributed by atoms with Crippen molar-refractivity contribution in [2.45, 2.75) is 71.8 Å². The molecule has 0 saturated carbocycles. The largest absolute Gasteiger partial charge is 0.472 e. The quantitative estimate of drug-likeness (QED) is 0.244. The predicted octanol–water partition coefficient (Wildman–Crippen LogP) is 2.07. The maximum atomic E-state index is 12.1. The standard InChI is InChI=1S/C18H37N2O7PS/c1-13(2)29-11-10-19-14(21)8-9-20-16(23)15(22)18(6,7)12-26-28(24,25)27-17(3,4)5/h13,15,22H,8-12H2,1-7H3,(H,19,21)(H,20,23)(H,24,25). The van der Waals surface area contributed by atoms with E-state index >= 15 is 0 Å². The van der Waals surface area contributed by atoms with Gasteiger partial charge in [-0.3, -0.25) is 18.6 Å². The minimum Gasteiger partial charge on any atom is -0.383 e. The Morgan fingerprint density at radius 1 is 1.10 bits per heavy atom. The molecule has 0 radical (unpaired) electrons. The summed E-state index contributed by atoms with van der Waals surface area (Å²) in [4.78, 5) is 33.6. The van der Waals surface area contributed by atoms with Crippen molar-refractivity contribution < 1.29 is 33.2 Å². The maximum Gasteiger partial charge on any atom is 0.472 e. The van der Waals surface area contributed by atoms with Crippen molar-refractivity contribution >= 4 is 31.4 Å². The van der Waals surface area contributed by atoms with E-state index in [4.69, 9.17) is 9.05 Å². The van der Waals surface area contributed by atoms with Gasteiger partial charge < -0.3 is 20.6 Å². The Bertz CT molecular complexity index is 579. The molecule has 0 heterocycles. The summed E-state index contributed by atoms with van der Waals surface area (Å²) in [6.45, 7) is 12.3. The molecule has 4 N–H and O–H groups in total. The SMILES string of the molecule is CC(C)SCCNC(=O)CCNC(=O)C(O)C(C)(C)COP(=O)(O)OC(C)(C)C. The van der Waals surface area contributed by atoms with E-state index in [0.717, 1.165) is 5.75 Å². The summed E-state index contributed by atoms with van der Waals surface area (Å²) >= 11 is 1.74. The van der Waals surface area contributed by atoms with Crippen LogP contribution in [0.15, 0.2) is 0 Å². The maximum absolute atomic E-state index is 12.1. The summed E-state index contributed by atoms with van der Waals surface area (Å²) in [5.74, 6) is -0.0605. The molecule has 11 heteroatoms. The average molecular weight is 457 g/mol. The smallest absolute Gasteiger partial charge is 0.383 e. The number of nitrogens with one attached hydrogen (secondary N) is 2. The number of aliphatic hydroxyl groups excluding tert-OH is 1. The molecule has 0 rings (SSSR count). The van der Waals surface area contributed by atoms with Gasteiger partial charge in [0, 0.05) is 30.7 Å². The Morgan fingerprint density at radius 3 is 2.21 bits per heavy atom. The topological polar surface area (TPSA) is 134 Å². The van der Waals surface area contributed by atoms with Crippen molar-refractivity contribution in [1.29, 1.82) is 0 Å². The summed E-state index contributed by atoms with van der Waals surface area (Å²) in [7, 11) is -4.33. The van der Waals surface area contributed by atoms with Crippen LogP contribution in [0.2, 0.25) is 0 Å². The fourth-order valence-corrected chi connectivity index (χ4v) is 3.96. The van der Waals surface area contributed by atoms with Crippen molar-refractivity contribution in [2.75, 3.05) is 25.4 Å². The van der Waals surface area contributed by atoms with Crippen LogP contribution >= 0.6 is 19.6 Å². The van der Waals surface area contributed by atoms with Crippen LogP contribution in [0.5, 0.6) is 0 Å². The van der Waals surface area contributed by atoms with Gasteiger partial charge >= 0.3 is 7.82 Å². The highest BCUT2D eigenvalue weighted by Gasteiger charge is 2.38. The molecule has 0 aliphatic heterocycles. The summed E-state index contributed by atoms with van der Waals surface area (Å²) in [6, 6.07) is 0. The minimum atomic E-state index is -4.33. The third-order valence-electron chi connectivity index (χ3n) is 3.50. The number of rotatable bonds is 13. The van der Waals surface area contributed by atoms with Crippen LogP contribution in [0.4, 0.5) is 0 Å². The van der Waals surface area contributed by atoms with E-state index in [-0.39, 0.29) is 25.5 Å². The zero-order valence-corrected chi connectivity index (χ0v) is 20.2. The van der Waals surface area contributed by atoms with Gasteiger partial charge in [0.05, 0.1) is 12.2 Å². The van der Waals surface area contributed by atoms with Gasteiger partial charge in [-0.25, -0.2) is 4.57 Å². The molecule has 29 heavy (non-hydrogen) atoms. The number of amides is 2. The number of thioether (sulfide) groups is 1. The molecule has 2 amide bonds. The average Bonchev–Trinajstić information content (AvgIpc) is 2.54. The van der Waals surface area contributed by atoms with E-state index < -0.39 is 30.8 Å². The molecule has 2 unspecified atom stereocenters. The fraction of sp³-hybridized carbons (Fsp3) is 0.889. The van der Waals surface area contributed by atoms with Crippen LogP contribution < -0.4 is 10.6 Å². The summed E-state index contributed by atoms with van der Waals surface area (Å²) < 4.78 is 21.8. The molecule has 172 valence electrons. The first-order valence-corrected chi connectivity index (χ1v) is 12.1. The number of phosphoric ester groups is 1. The number of phosphoric acid groups is 1. The second-order valence-corrected chi connectivity index (χ2v) is 11.7. The molecule has 0 aliphatic carbocycles. The van der Waals surface area contributed by atoms with Gasteiger partial charge in [-0.2, -0.15) is 11.8 Å². The minimum absolute atomic E-state index is 0.0710. The molecule has 0 saturated heterocycles. The predicted molar refractivity (Wildman–Crippen MR) is 115 cm³/mol. The zero-order valence-electron chi connectivity index (χ0n) is 18.5. The second-order valence-electron chi connectivity index (χ2n) is 8.65. The van der Waals surface area contributed by atoms with Crippen LogP contribution in [0.25, 0.3) is 0 Å². The van der Waals surface area contributed by atoms with Crippen LogP contribution in [0.1, 0.15) is 54.9 Å². The van der Waals surface area contributed by atoms with Crippen molar-refractivity contribution in [3.8, 4) is 0 Å². The number of hydrogen-bond acceptors (Lipinski definition) is 7. The van der Waals surface area contributed by atoms with E-state index in [1.807, 2.05) is 0 Å². The Labute approximate surface area is 178 Å². The fourth-order valence-electron chi connectivity index (χ4n) is 2.02. The van der Waals surface area contributed by atoms with Crippen molar-refractivity contribution in [1.82, 2.24) is 10.6 Å². The molecule has 0 aromatic carbocycles. The number of carbonyl (C=O) groups excluding carboxylic acids is 2. The molecule has 0 spiro atoms. The molecule has 0 aromatic heterocycles. The summed E-state index contributed by atoms with van der Waals surface area (Å²) in [5, 5.41) is 16.0. The molecule has 2 atom stereocenters. The Hall–Kier alpha value is -0.640. The summed E-state index contributed by atoms with van der Waals surface area (Å²) in [6.07, 6.45) is -1.41. The van der Waals surface area contributed by atoms with Crippen molar-refractivity contribution in [3.05, 3.63) is 0 Å². The lowest BCUT2D eigenvalue weighted by atomic mass is 9.87. The van der Waals surface area contributed by atoms with Crippen molar-refractivity contribution in [2.24, 2.45) is 5.41 Å². The first-order valence-electron chi connectivity index (χ1n) is 9.58. The number of hydrogen-bond donors (Lipinski definition) is 4. The molecule has 0 aliphatic rings. The third kappa shape index (κ3) is 14.1. The van der Waals surface area contributed by atoms with Crippen LogP contribution in [0, 0.1) is 5.41 Å². The van der Waals surface area contributed by atoms with Gasteiger partial charge in [-0.15, -0.1) is 0 Å². The van der Waals surface area contributed by atoms with Gasteiger partial charge in [-0.1, -0.05) is 27.7 Å². The Kier molecular flexibility index (Phi) is 12.0. The van der Waals surface area contributed by atoms with Crippen molar-refractivity contribution in [3.63, 3.8) is 0 Å². The monoisotopic (exact) mass is 456 g/mol. The van der Waals surface area contributed by atoms with Crippen LogP contribution in [0.3, 0.4) is 0 Å². The normalized spacial score (nSPS) is 15.7. The lowest BCUT2D eigenvalue weighted by Gasteiger charge is -2.31. The van der Waals surface area contributed by atoms with Gasteiger partial charge in [0.15, 0.2) is 0 Å². The molecular formula is C18H37N2O7PS. The van der Waals surface area contributed by atoms with Gasteiger partial charge in [-0.05, 0) is 26.0 Å². The molecule has 0 fully saturated rings. The third-order valence-corrected chi connectivity index (χ3v) is 5.84. The lowest BCUT2D eigenvalue weighted by molar-refractivity contribution is -0.137. The highest BCUT2D eigenvalue weighted by Crippen LogP contribution is 2.48.